The third kappa shape index (κ3) is 3.48. The van der Waals surface area contributed by atoms with Crippen LogP contribution < -0.4 is 21.5 Å². The normalized spacial score (nSPS) is 15.1. The van der Waals surface area contributed by atoms with Gasteiger partial charge >= 0.3 is 0 Å². The molecule has 1 saturated heterocycles. The van der Waals surface area contributed by atoms with E-state index in [1.165, 1.54) is 10.9 Å². The fraction of sp³-hybridized carbons (Fsp3) is 0.353. The van der Waals surface area contributed by atoms with Crippen LogP contribution in [-0.4, -0.2) is 40.6 Å². The Hall–Kier alpha value is -2.87. The van der Waals surface area contributed by atoms with E-state index in [0.29, 0.717) is 5.69 Å². The first-order valence-electron chi connectivity index (χ1n) is 8.12. The second-order valence-electron chi connectivity index (χ2n) is 6.06. The van der Waals surface area contributed by atoms with Crippen LogP contribution in [0.2, 0.25) is 0 Å². The summed E-state index contributed by atoms with van der Waals surface area (Å²) < 4.78 is 7.50. The highest BCUT2D eigenvalue weighted by Crippen LogP contribution is 2.24. The molecule has 0 spiro atoms. The van der Waals surface area contributed by atoms with Gasteiger partial charge in [0, 0.05) is 0 Å². The first-order chi connectivity index (χ1) is 12.0. The first-order valence-corrected chi connectivity index (χ1v) is 8.12. The number of primary amides is 2. The minimum absolute atomic E-state index is 0.0253. The molecule has 8 heteroatoms. The van der Waals surface area contributed by atoms with Gasteiger partial charge in [0.1, 0.15) is 23.9 Å². The number of hydrogen-bond acceptors (Lipinski definition) is 5. The molecule has 1 aliphatic rings. The minimum Gasteiger partial charge on any atom is -0.490 e. The summed E-state index contributed by atoms with van der Waals surface area (Å²) in [5.74, 6) is -0.791. The van der Waals surface area contributed by atoms with Crippen LogP contribution in [0.25, 0.3) is 5.69 Å². The fourth-order valence-electron chi connectivity index (χ4n) is 3.02. The maximum absolute atomic E-state index is 11.7. The zero-order valence-electron chi connectivity index (χ0n) is 14.0. The van der Waals surface area contributed by atoms with Gasteiger partial charge in [0.05, 0.1) is 5.69 Å². The summed E-state index contributed by atoms with van der Waals surface area (Å²) in [6, 6.07) is 5.54. The number of nitrogens with two attached hydrogens (primary N) is 2. The van der Waals surface area contributed by atoms with Gasteiger partial charge in [-0.1, -0.05) is 0 Å². The lowest BCUT2D eigenvalue weighted by atomic mass is 10.1. The molecule has 0 radical (unpaired) electrons. The molecular weight excluding hydrogens is 322 g/mol. The summed E-state index contributed by atoms with van der Waals surface area (Å²) in [7, 11) is 0. The number of hydrogen-bond donors (Lipinski definition) is 3. The molecule has 132 valence electrons. The van der Waals surface area contributed by atoms with Gasteiger partial charge in [-0.25, -0.2) is 4.98 Å². The van der Waals surface area contributed by atoms with Crippen molar-refractivity contribution in [3.63, 3.8) is 0 Å². The highest BCUT2D eigenvalue weighted by Gasteiger charge is 2.22. The van der Waals surface area contributed by atoms with Crippen molar-refractivity contribution in [2.45, 2.75) is 25.9 Å². The SMILES string of the molecule is Cc1cc(OC2CCNCC2)ccc1-n1cnc(C(N)=O)c1C(N)=O. The summed E-state index contributed by atoms with van der Waals surface area (Å²) >= 11 is 0. The van der Waals surface area contributed by atoms with Crippen molar-refractivity contribution in [1.82, 2.24) is 14.9 Å². The Morgan fingerprint density at radius 2 is 1.96 bits per heavy atom. The van der Waals surface area contributed by atoms with Gasteiger partial charge in [0.2, 0.25) is 0 Å². The van der Waals surface area contributed by atoms with Crippen LogP contribution in [0.15, 0.2) is 24.5 Å². The zero-order valence-corrected chi connectivity index (χ0v) is 14.0. The summed E-state index contributed by atoms with van der Waals surface area (Å²) in [6.07, 6.45) is 3.50. The van der Waals surface area contributed by atoms with Gasteiger partial charge in [-0.2, -0.15) is 0 Å². The first kappa shape index (κ1) is 17.0. The number of aromatic nitrogens is 2. The predicted molar refractivity (Wildman–Crippen MR) is 91.9 cm³/mol. The molecule has 1 aromatic carbocycles. The average molecular weight is 343 g/mol. The molecule has 0 unspecified atom stereocenters. The lowest BCUT2D eigenvalue weighted by Gasteiger charge is -2.24. The lowest BCUT2D eigenvalue weighted by Crippen LogP contribution is -2.34. The number of nitrogens with one attached hydrogen (secondary N) is 1. The largest absolute Gasteiger partial charge is 0.490 e. The topological polar surface area (TPSA) is 125 Å². The maximum atomic E-state index is 11.7. The molecule has 0 bridgehead atoms. The van der Waals surface area contributed by atoms with Crippen molar-refractivity contribution in [3.05, 3.63) is 41.5 Å². The van der Waals surface area contributed by atoms with E-state index in [-0.39, 0.29) is 17.5 Å². The third-order valence-corrected chi connectivity index (χ3v) is 4.25. The highest BCUT2D eigenvalue weighted by molar-refractivity contribution is 6.04. The van der Waals surface area contributed by atoms with E-state index in [4.69, 9.17) is 16.2 Å². The van der Waals surface area contributed by atoms with Crippen molar-refractivity contribution in [2.24, 2.45) is 11.5 Å². The molecular formula is C17H21N5O3. The molecule has 1 aliphatic heterocycles. The number of nitrogens with zero attached hydrogens (tertiary/aromatic N) is 2. The van der Waals surface area contributed by atoms with Crippen LogP contribution in [0.4, 0.5) is 0 Å². The number of benzene rings is 1. The smallest absolute Gasteiger partial charge is 0.269 e. The van der Waals surface area contributed by atoms with Gasteiger partial charge in [0.25, 0.3) is 11.8 Å². The molecule has 2 amide bonds. The van der Waals surface area contributed by atoms with Crippen molar-refractivity contribution in [3.8, 4) is 11.4 Å². The molecule has 3 rings (SSSR count). The molecule has 2 aromatic rings. The molecule has 25 heavy (non-hydrogen) atoms. The van der Waals surface area contributed by atoms with Crippen molar-refractivity contribution in [2.75, 3.05) is 13.1 Å². The Bertz CT molecular complexity index is 809. The standard InChI is InChI=1S/C17H21N5O3/c1-10-8-12(25-11-4-6-20-7-5-11)2-3-13(10)22-9-21-14(16(18)23)15(22)17(19)24/h2-3,8-9,11,20H,4-7H2,1H3,(H2,18,23)(H2,19,24). The van der Waals surface area contributed by atoms with Crippen LogP contribution >= 0.6 is 0 Å². The average Bonchev–Trinajstić information content (AvgIpc) is 3.01. The Kier molecular flexibility index (Phi) is 4.71. The van der Waals surface area contributed by atoms with E-state index < -0.39 is 11.8 Å². The summed E-state index contributed by atoms with van der Waals surface area (Å²) in [4.78, 5) is 27.1. The van der Waals surface area contributed by atoms with Gasteiger partial charge in [-0.05, 0) is 56.6 Å². The number of rotatable bonds is 5. The quantitative estimate of drug-likeness (QED) is 0.729. The van der Waals surface area contributed by atoms with E-state index in [2.05, 4.69) is 10.3 Å². The van der Waals surface area contributed by atoms with Crippen molar-refractivity contribution < 1.29 is 14.3 Å². The lowest BCUT2D eigenvalue weighted by molar-refractivity contribution is 0.0960. The second-order valence-corrected chi connectivity index (χ2v) is 6.06. The summed E-state index contributed by atoms with van der Waals surface area (Å²) in [6.45, 7) is 3.79. The Morgan fingerprint density at radius 1 is 1.24 bits per heavy atom. The van der Waals surface area contributed by atoms with Crippen molar-refractivity contribution >= 4 is 11.8 Å². The number of piperidine rings is 1. The number of amides is 2. The number of carbonyl (C=O) groups is 2. The van der Waals surface area contributed by atoms with Gasteiger partial charge in [-0.15, -0.1) is 0 Å². The molecule has 0 aliphatic carbocycles. The van der Waals surface area contributed by atoms with E-state index in [0.717, 1.165) is 37.2 Å². The zero-order chi connectivity index (χ0) is 18.0. The molecule has 0 atom stereocenters. The van der Waals surface area contributed by atoms with Crippen LogP contribution in [0.1, 0.15) is 39.4 Å². The Labute approximate surface area is 145 Å². The fourth-order valence-corrected chi connectivity index (χ4v) is 3.02. The maximum Gasteiger partial charge on any atom is 0.269 e. The van der Waals surface area contributed by atoms with E-state index in [9.17, 15) is 9.59 Å². The molecule has 1 aromatic heterocycles. The van der Waals surface area contributed by atoms with Gasteiger partial charge in [-0.3, -0.25) is 14.2 Å². The van der Waals surface area contributed by atoms with Crippen LogP contribution in [0, 0.1) is 6.92 Å². The Balaban J connectivity index is 1.91. The number of ether oxygens (including phenoxy) is 1. The molecule has 1 fully saturated rings. The molecule has 0 saturated carbocycles. The van der Waals surface area contributed by atoms with Crippen LogP contribution in [-0.2, 0) is 0 Å². The van der Waals surface area contributed by atoms with Crippen molar-refractivity contribution in [1.29, 1.82) is 0 Å². The number of aryl methyl sites for hydroxylation is 1. The third-order valence-electron chi connectivity index (χ3n) is 4.25. The highest BCUT2D eigenvalue weighted by atomic mass is 16.5. The predicted octanol–water partition coefficient (Wildman–Crippen LogP) is 0.509. The number of imidazole rings is 1. The van der Waals surface area contributed by atoms with Crippen LogP contribution in [0.5, 0.6) is 5.75 Å². The minimum atomic E-state index is -0.795. The molecule has 8 nitrogen and oxygen atoms in total. The second kappa shape index (κ2) is 6.94. The van der Waals surface area contributed by atoms with Gasteiger partial charge < -0.3 is 21.5 Å². The summed E-state index contributed by atoms with van der Waals surface area (Å²) in [5, 5.41) is 3.30. The molecule has 5 N–H and O–H groups in total. The van der Waals surface area contributed by atoms with E-state index >= 15 is 0 Å². The number of carbonyl (C=O) groups excluding carboxylic acids is 2. The Morgan fingerprint density at radius 3 is 2.56 bits per heavy atom. The van der Waals surface area contributed by atoms with E-state index in [1.54, 1.807) is 0 Å². The van der Waals surface area contributed by atoms with Crippen LogP contribution in [0.3, 0.4) is 0 Å². The summed E-state index contributed by atoms with van der Waals surface area (Å²) in [5.41, 5.74) is 12.1. The van der Waals surface area contributed by atoms with E-state index in [1.807, 2.05) is 25.1 Å². The molecule has 2 heterocycles. The monoisotopic (exact) mass is 343 g/mol. The van der Waals surface area contributed by atoms with Gasteiger partial charge in [0.15, 0.2) is 5.69 Å².